The second kappa shape index (κ2) is 9.93. The number of hydrogen-bond acceptors (Lipinski definition) is 4. The summed E-state index contributed by atoms with van der Waals surface area (Å²) in [7, 11) is -0.558. The molecule has 1 N–H and O–H groups in total. The molecular formula is C26H34BNO4. The second-order valence-corrected chi connectivity index (χ2v) is 9.55. The molecule has 2 aromatic rings. The predicted octanol–water partition coefficient (Wildman–Crippen LogP) is 5.75. The van der Waals surface area contributed by atoms with Crippen molar-refractivity contribution < 1.29 is 18.8 Å². The average molecular weight is 435 g/mol. The van der Waals surface area contributed by atoms with E-state index in [-0.39, 0.29) is 13.2 Å². The molecule has 0 spiro atoms. The number of nitrogens with one attached hydrogen (secondary N) is 1. The Labute approximate surface area is 192 Å². The van der Waals surface area contributed by atoms with Gasteiger partial charge in [0.1, 0.15) is 6.61 Å². The van der Waals surface area contributed by atoms with Crippen LogP contribution < -0.4 is 5.32 Å². The zero-order chi connectivity index (χ0) is 23.4. The maximum Gasteiger partial charge on any atom is 0.492 e. The van der Waals surface area contributed by atoms with Crippen molar-refractivity contribution in [3.8, 4) is 0 Å². The van der Waals surface area contributed by atoms with E-state index in [1.165, 1.54) is 5.56 Å². The maximum absolute atomic E-state index is 12.3. The molecule has 2 aromatic carbocycles. The molecule has 1 aliphatic rings. The normalized spacial score (nSPS) is 17.5. The molecule has 1 aliphatic heterocycles. The molecule has 3 rings (SSSR count). The van der Waals surface area contributed by atoms with Gasteiger partial charge in [0.15, 0.2) is 0 Å². The van der Waals surface area contributed by atoms with Crippen molar-refractivity contribution in [2.24, 2.45) is 0 Å². The van der Waals surface area contributed by atoms with Gasteiger partial charge in [-0.1, -0.05) is 74.5 Å². The number of hydrogen-bond donors (Lipinski definition) is 1. The smallest absolute Gasteiger partial charge is 0.445 e. The Morgan fingerprint density at radius 1 is 1.03 bits per heavy atom. The number of amides is 1. The van der Waals surface area contributed by atoms with Crippen LogP contribution in [0.3, 0.4) is 0 Å². The molecule has 0 radical (unpaired) electrons. The van der Waals surface area contributed by atoms with E-state index in [9.17, 15) is 4.79 Å². The highest BCUT2D eigenvalue weighted by Gasteiger charge is 2.52. The lowest BCUT2D eigenvalue weighted by Gasteiger charge is -2.32. The summed E-state index contributed by atoms with van der Waals surface area (Å²) in [5.41, 5.74) is 3.13. The molecule has 1 saturated heterocycles. The summed E-state index contributed by atoms with van der Waals surface area (Å²) in [4.78, 5) is 12.3. The Balaban J connectivity index is 1.75. The van der Waals surface area contributed by atoms with Crippen molar-refractivity contribution in [3.05, 3.63) is 76.8 Å². The number of carbonyl (C=O) groups is 1. The molecule has 0 bridgehead atoms. The summed E-state index contributed by atoms with van der Waals surface area (Å²) in [5, 5.41) is 2.85. The standard InChI is InChI=1S/C26H34BNO4/c1-19(2)22-14-10-13-21(15-22)16-23(27-31-25(3,4)26(5,6)32-27)17-28-24(29)30-18-20-11-8-7-9-12-20/h7-16,19H,17-18H2,1-6H3,(H,28,29). The van der Waals surface area contributed by atoms with Crippen molar-refractivity contribution in [3.63, 3.8) is 0 Å². The highest BCUT2D eigenvalue weighted by atomic mass is 16.7. The minimum absolute atomic E-state index is 0.221. The van der Waals surface area contributed by atoms with Crippen LogP contribution in [0.2, 0.25) is 0 Å². The Kier molecular flexibility index (Phi) is 7.47. The zero-order valence-corrected chi connectivity index (χ0v) is 20.0. The van der Waals surface area contributed by atoms with Gasteiger partial charge in [0.2, 0.25) is 0 Å². The molecule has 0 unspecified atom stereocenters. The minimum Gasteiger partial charge on any atom is -0.445 e. The monoisotopic (exact) mass is 435 g/mol. The minimum atomic E-state index is -0.558. The summed E-state index contributed by atoms with van der Waals surface area (Å²) in [6.45, 7) is 12.9. The highest BCUT2D eigenvalue weighted by molar-refractivity contribution is 6.56. The van der Waals surface area contributed by atoms with Crippen LogP contribution in [0.15, 0.2) is 60.1 Å². The van der Waals surface area contributed by atoms with E-state index in [0.29, 0.717) is 5.92 Å². The van der Waals surface area contributed by atoms with Crippen molar-refractivity contribution in [2.75, 3.05) is 6.54 Å². The lowest BCUT2D eigenvalue weighted by atomic mass is 9.77. The molecule has 0 aromatic heterocycles. The number of rotatable bonds is 7. The zero-order valence-electron chi connectivity index (χ0n) is 20.0. The van der Waals surface area contributed by atoms with Crippen LogP contribution in [0.1, 0.15) is 64.2 Å². The Morgan fingerprint density at radius 3 is 2.31 bits per heavy atom. The van der Waals surface area contributed by atoms with Gasteiger partial charge in [-0.05, 0) is 55.8 Å². The van der Waals surface area contributed by atoms with Gasteiger partial charge in [-0.2, -0.15) is 0 Å². The van der Waals surface area contributed by atoms with Crippen LogP contribution in [0.25, 0.3) is 6.08 Å². The predicted molar refractivity (Wildman–Crippen MR) is 129 cm³/mol. The van der Waals surface area contributed by atoms with E-state index in [1.54, 1.807) is 0 Å². The summed E-state index contributed by atoms with van der Waals surface area (Å²) in [5.74, 6) is 0.426. The first-order valence-corrected chi connectivity index (χ1v) is 11.2. The van der Waals surface area contributed by atoms with E-state index in [0.717, 1.165) is 16.6 Å². The maximum atomic E-state index is 12.3. The molecular weight excluding hydrogens is 401 g/mol. The summed E-state index contributed by atoms with van der Waals surface area (Å²) >= 11 is 0. The molecule has 32 heavy (non-hydrogen) atoms. The fourth-order valence-electron chi connectivity index (χ4n) is 3.37. The quantitative estimate of drug-likeness (QED) is 0.563. The molecule has 6 heteroatoms. The van der Waals surface area contributed by atoms with Gasteiger partial charge < -0.3 is 19.4 Å². The molecule has 170 valence electrons. The molecule has 0 aliphatic carbocycles. The SMILES string of the molecule is CC(C)c1cccc(C=C(CNC(=O)OCc2ccccc2)B2OC(C)(C)C(C)(C)O2)c1. The van der Waals surface area contributed by atoms with Crippen LogP contribution in [-0.4, -0.2) is 31.0 Å². The fourth-order valence-corrected chi connectivity index (χ4v) is 3.37. The first-order chi connectivity index (χ1) is 15.1. The van der Waals surface area contributed by atoms with Crippen molar-refractivity contribution >= 4 is 19.3 Å². The number of carbonyl (C=O) groups excluding carboxylic acids is 1. The van der Waals surface area contributed by atoms with E-state index in [1.807, 2.05) is 76.2 Å². The van der Waals surface area contributed by atoms with Gasteiger partial charge in [0.05, 0.1) is 11.2 Å². The lowest BCUT2D eigenvalue weighted by Crippen LogP contribution is -2.41. The van der Waals surface area contributed by atoms with Gasteiger partial charge in [-0.25, -0.2) is 4.79 Å². The van der Waals surface area contributed by atoms with Crippen molar-refractivity contribution in [2.45, 2.75) is 65.3 Å². The third-order valence-corrected chi connectivity index (χ3v) is 6.14. The van der Waals surface area contributed by atoms with Crippen LogP contribution in [-0.2, 0) is 20.7 Å². The van der Waals surface area contributed by atoms with Gasteiger partial charge in [-0.3, -0.25) is 0 Å². The fraction of sp³-hybridized carbons (Fsp3) is 0.423. The van der Waals surface area contributed by atoms with Crippen LogP contribution >= 0.6 is 0 Å². The van der Waals surface area contributed by atoms with E-state index >= 15 is 0 Å². The molecule has 0 atom stereocenters. The largest absolute Gasteiger partial charge is 0.492 e. The molecule has 5 nitrogen and oxygen atoms in total. The second-order valence-electron chi connectivity index (χ2n) is 9.55. The Bertz CT molecular complexity index is 937. The van der Waals surface area contributed by atoms with E-state index in [4.69, 9.17) is 14.0 Å². The van der Waals surface area contributed by atoms with Gasteiger partial charge in [0, 0.05) is 6.54 Å². The summed E-state index contributed by atoms with van der Waals surface area (Å²) in [6.07, 6.45) is 1.55. The number of benzene rings is 2. The molecule has 1 heterocycles. The first-order valence-electron chi connectivity index (χ1n) is 11.2. The van der Waals surface area contributed by atoms with Gasteiger partial charge >= 0.3 is 13.2 Å². The third-order valence-electron chi connectivity index (χ3n) is 6.14. The van der Waals surface area contributed by atoms with E-state index < -0.39 is 24.4 Å². The van der Waals surface area contributed by atoms with Crippen LogP contribution in [0, 0.1) is 0 Å². The third kappa shape index (κ3) is 6.02. The Hall–Kier alpha value is -2.57. The number of alkyl carbamates (subject to hydrolysis) is 1. The Morgan fingerprint density at radius 2 is 1.69 bits per heavy atom. The van der Waals surface area contributed by atoms with Gasteiger partial charge in [-0.15, -0.1) is 0 Å². The van der Waals surface area contributed by atoms with Crippen LogP contribution in [0.4, 0.5) is 4.79 Å². The molecule has 0 saturated carbocycles. The first kappa shape index (κ1) is 24.1. The average Bonchev–Trinajstić information content (AvgIpc) is 2.97. The van der Waals surface area contributed by atoms with Gasteiger partial charge in [0.25, 0.3) is 0 Å². The lowest BCUT2D eigenvalue weighted by molar-refractivity contribution is 0.00578. The summed E-state index contributed by atoms with van der Waals surface area (Å²) in [6, 6.07) is 18.0. The highest BCUT2D eigenvalue weighted by Crippen LogP contribution is 2.38. The van der Waals surface area contributed by atoms with E-state index in [2.05, 4.69) is 31.3 Å². The molecule has 1 amide bonds. The number of ether oxygens (including phenoxy) is 1. The van der Waals surface area contributed by atoms with Crippen molar-refractivity contribution in [1.82, 2.24) is 5.32 Å². The molecule has 1 fully saturated rings. The topological polar surface area (TPSA) is 56.8 Å². The van der Waals surface area contributed by atoms with Crippen LogP contribution in [0.5, 0.6) is 0 Å². The van der Waals surface area contributed by atoms with Crippen molar-refractivity contribution in [1.29, 1.82) is 0 Å². The summed E-state index contributed by atoms with van der Waals surface area (Å²) < 4.78 is 17.9.